The lowest BCUT2D eigenvalue weighted by molar-refractivity contribution is 0.397. The topological polar surface area (TPSA) is 60.0 Å². The number of rotatable bonds is 5. The lowest BCUT2D eigenvalue weighted by Crippen LogP contribution is -1.94. The Morgan fingerprint density at radius 2 is 1.83 bits per heavy atom. The number of aryl methyl sites for hydroxylation is 1. The van der Waals surface area contributed by atoms with Gasteiger partial charge in [0.15, 0.2) is 5.82 Å². The molecule has 0 bridgehead atoms. The van der Waals surface area contributed by atoms with Crippen molar-refractivity contribution < 1.29 is 9.47 Å². The third-order valence-corrected chi connectivity index (χ3v) is 2.67. The molecule has 5 heteroatoms. The molecule has 0 aliphatic heterocycles. The highest BCUT2D eigenvalue weighted by molar-refractivity contribution is 5.71. The van der Waals surface area contributed by atoms with Gasteiger partial charge in [-0.15, -0.1) is 0 Å². The van der Waals surface area contributed by atoms with Crippen molar-refractivity contribution in [1.29, 1.82) is 0 Å². The van der Waals surface area contributed by atoms with Crippen molar-refractivity contribution in [3.05, 3.63) is 24.0 Å². The predicted molar refractivity (Wildman–Crippen MR) is 68.9 cm³/mol. The van der Waals surface area contributed by atoms with E-state index in [2.05, 4.69) is 22.1 Å². The quantitative estimate of drug-likeness (QED) is 0.881. The number of methoxy groups -OCH3 is 2. The maximum Gasteiger partial charge on any atom is 0.188 e. The maximum atomic E-state index is 5.34. The first-order valence-corrected chi connectivity index (χ1v) is 5.92. The van der Waals surface area contributed by atoms with Crippen LogP contribution < -0.4 is 9.47 Å². The summed E-state index contributed by atoms with van der Waals surface area (Å²) in [5, 5.41) is 7.16. The molecule has 0 radical (unpaired) electrons. The fraction of sp³-hybridized carbons (Fsp3) is 0.385. The number of hydrogen-bond acceptors (Lipinski definition) is 4. The molecule has 1 heterocycles. The second-order valence-corrected chi connectivity index (χ2v) is 3.89. The number of ether oxygens (including phenoxy) is 2. The van der Waals surface area contributed by atoms with Crippen LogP contribution in [0, 0.1) is 0 Å². The molecule has 0 saturated heterocycles. The molecule has 2 aromatic rings. The van der Waals surface area contributed by atoms with Crippen LogP contribution in [0.3, 0.4) is 0 Å². The number of aromatic amines is 1. The summed E-state index contributed by atoms with van der Waals surface area (Å²) in [7, 11) is 3.25. The molecule has 0 fully saturated rings. The molecule has 1 aromatic carbocycles. The minimum Gasteiger partial charge on any atom is -0.496 e. The number of aromatic nitrogens is 3. The Hall–Kier alpha value is -2.04. The highest BCUT2D eigenvalue weighted by Crippen LogP contribution is 2.36. The molecule has 0 atom stereocenters. The minimum absolute atomic E-state index is 0.604. The fourth-order valence-corrected chi connectivity index (χ4v) is 1.83. The summed E-state index contributed by atoms with van der Waals surface area (Å²) in [5.41, 5.74) is 0.779. The summed E-state index contributed by atoms with van der Waals surface area (Å²) < 4.78 is 10.7. The zero-order valence-electron chi connectivity index (χ0n) is 10.9. The van der Waals surface area contributed by atoms with Gasteiger partial charge in [-0.2, -0.15) is 5.10 Å². The summed E-state index contributed by atoms with van der Waals surface area (Å²) in [6, 6.07) is 5.61. The van der Waals surface area contributed by atoms with E-state index in [1.54, 1.807) is 14.2 Å². The number of H-pyrrole nitrogens is 1. The van der Waals surface area contributed by atoms with E-state index in [1.807, 2.05) is 18.2 Å². The van der Waals surface area contributed by atoms with Crippen molar-refractivity contribution in [3.8, 4) is 22.9 Å². The van der Waals surface area contributed by atoms with Crippen LogP contribution in [-0.2, 0) is 6.42 Å². The molecular weight excluding hydrogens is 230 g/mol. The lowest BCUT2D eigenvalue weighted by Gasteiger charge is -2.09. The van der Waals surface area contributed by atoms with Gasteiger partial charge in [-0.1, -0.05) is 13.0 Å². The zero-order chi connectivity index (χ0) is 13.0. The van der Waals surface area contributed by atoms with Crippen LogP contribution in [0.25, 0.3) is 11.4 Å². The predicted octanol–water partition coefficient (Wildman–Crippen LogP) is 2.44. The van der Waals surface area contributed by atoms with Crippen LogP contribution in [0.4, 0.5) is 0 Å². The third kappa shape index (κ3) is 2.30. The zero-order valence-corrected chi connectivity index (χ0v) is 10.9. The van der Waals surface area contributed by atoms with Gasteiger partial charge in [-0.25, -0.2) is 4.98 Å². The van der Waals surface area contributed by atoms with Crippen molar-refractivity contribution in [3.63, 3.8) is 0 Å². The van der Waals surface area contributed by atoms with Gasteiger partial charge in [0.25, 0.3) is 0 Å². The van der Waals surface area contributed by atoms with Crippen molar-refractivity contribution >= 4 is 0 Å². The number of benzene rings is 1. The molecule has 0 unspecified atom stereocenters. The Morgan fingerprint density at radius 3 is 2.39 bits per heavy atom. The van der Waals surface area contributed by atoms with Gasteiger partial charge in [-0.05, 0) is 18.6 Å². The summed E-state index contributed by atoms with van der Waals surface area (Å²) >= 11 is 0. The van der Waals surface area contributed by atoms with Crippen LogP contribution in [0.5, 0.6) is 11.5 Å². The Labute approximate surface area is 106 Å². The van der Waals surface area contributed by atoms with E-state index in [1.165, 1.54) is 0 Å². The second-order valence-electron chi connectivity index (χ2n) is 3.89. The van der Waals surface area contributed by atoms with Crippen LogP contribution in [-0.4, -0.2) is 29.4 Å². The Morgan fingerprint density at radius 1 is 1.17 bits per heavy atom. The standard InChI is InChI=1S/C13H17N3O2/c1-4-6-11-14-13(16-15-11)12-9(17-2)7-5-8-10(12)18-3/h5,7-8H,4,6H2,1-3H3,(H,14,15,16). The van der Waals surface area contributed by atoms with E-state index >= 15 is 0 Å². The molecule has 96 valence electrons. The summed E-state index contributed by atoms with van der Waals surface area (Å²) in [6.07, 6.45) is 1.90. The molecule has 1 aromatic heterocycles. The molecule has 0 saturated carbocycles. The molecular formula is C13H17N3O2. The molecule has 0 aliphatic rings. The van der Waals surface area contributed by atoms with E-state index in [-0.39, 0.29) is 0 Å². The minimum atomic E-state index is 0.604. The fourth-order valence-electron chi connectivity index (χ4n) is 1.83. The van der Waals surface area contributed by atoms with E-state index in [0.717, 1.165) is 24.2 Å². The largest absolute Gasteiger partial charge is 0.496 e. The molecule has 18 heavy (non-hydrogen) atoms. The smallest absolute Gasteiger partial charge is 0.188 e. The van der Waals surface area contributed by atoms with Gasteiger partial charge < -0.3 is 9.47 Å². The van der Waals surface area contributed by atoms with Crippen molar-refractivity contribution in [2.45, 2.75) is 19.8 Å². The summed E-state index contributed by atoms with van der Waals surface area (Å²) in [5.74, 6) is 2.89. The van der Waals surface area contributed by atoms with Crippen molar-refractivity contribution in [2.24, 2.45) is 0 Å². The number of nitrogens with one attached hydrogen (secondary N) is 1. The molecule has 0 amide bonds. The van der Waals surface area contributed by atoms with E-state index in [9.17, 15) is 0 Å². The Bertz CT molecular complexity index is 500. The molecule has 5 nitrogen and oxygen atoms in total. The summed E-state index contributed by atoms with van der Waals surface area (Å²) in [6.45, 7) is 2.10. The van der Waals surface area contributed by atoms with E-state index in [4.69, 9.17) is 9.47 Å². The molecule has 0 spiro atoms. The van der Waals surface area contributed by atoms with Crippen molar-refractivity contribution in [2.75, 3.05) is 14.2 Å². The third-order valence-electron chi connectivity index (χ3n) is 2.67. The SMILES string of the molecule is CCCc1nc(-c2c(OC)cccc2OC)n[nH]1. The van der Waals surface area contributed by atoms with Gasteiger partial charge in [0.05, 0.1) is 14.2 Å². The van der Waals surface area contributed by atoms with Gasteiger partial charge in [0.1, 0.15) is 22.9 Å². The highest BCUT2D eigenvalue weighted by Gasteiger charge is 2.16. The Balaban J connectivity index is 2.47. The molecule has 0 aliphatic carbocycles. The van der Waals surface area contributed by atoms with Crippen LogP contribution >= 0.6 is 0 Å². The van der Waals surface area contributed by atoms with Gasteiger partial charge in [0.2, 0.25) is 0 Å². The molecule has 1 N–H and O–H groups in total. The van der Waals surface area contributed by atoms with Crippen LogP contribution in [0.1, 0.15) is 19.2 Å². The second kappa shape index (κ2) is 5.53. The first-order valence-electron chi connectivity index (χ1n) is 5.92. The normalized spacial score (nSPS) is 10.4. The maximum absolute atomic E-state index is 5.34. The van der Waals surface area contributed by atoms with Gasteiger partial charge in [0, 0.05) is 6.42 Å². The first kappa shape index (κ1) is 12.4. The first-order chi connectivity index (χ1) is 8.80. The van der Waals surface area contributed by atoms with E-state index in [0.29, 0.717) is 17.3 Å². The molecule has 2 rings (SSSR count). The number of nitrogens with zero attached hydrogens (tertiary/aromatic N) is 2. The monoisotopic (exact) mass is 247 g/mol. The van der Waals surface area contributed by atoms with Crippen LogP contribution in [0.2, 0.25) is 0 Å². The lowest BCUT2D eigenvalue weighted by atomic mass is 10.1. The average Bonchev–Trinajstić information content (AvgIpc) is 2.86. The Kier molecular flexibility index (Phi) is 3.82. The highest BCUT2D eigenvalue weighted by atomic mass is 16.5. The van der Waals surface area contributed by atoms with E-state index < -0.39 is 0 Å². The van der Waals surface area contributed by atoms with Crippen molar-refractivity contribution in [1.82, 2.24) is 15.2 Å². The average molecular weight is 247 g/mol. The summed E-state index contributed by atoms with van der Waals surface area (Å²) in [4.78, 5) is 4.46. The van der Waals surface area contributed by atoms with Gasteiger partial charge in [-0.3, -0.25) is 5.10 Å². The van der Waals surface area contributed by atoms with Crippen LogP contribution in [0.15, 0.2) is 18.2 Å². The van der Waals surface area contributed by atoms with Gasteiger partial charge >= 0.3 is 0 Å². The number of hydrogen-bond donors (Lipinski definition) is 1.